The maximum Gasteiger partial charge on any atom is 0.295 e. The zero-order chi connectivity index (χ0) is 25.4. The van der Waals surface area contributed by atoms with E-state index in [1.165, 1.54) is 17.0 Å². The van der Waals surface area contributed by atoms with Gasteiger partial charge in [0.2, 0.25) is 0 Å². The van der Waals surface area contributed by atoms with Gasteiger partial charge in [-0.1, -0.05) is 40.2 Å². The topological polar surface area (TPSA) is 103 Å². The minimum atomic E-state index is -0.847. The van der Waals surface area contributed by atoms with Crippen LogP contribution in [0.4, 0.5) is 0 Å². The lowest BCUT2D eigenvalue weighted by Gasteiger charge is -2.25. The van der Waals surface area contributed by atoms with Gasteiger partial charge in [-0.25, -0.2) is 0 Å². The molecule has 1 amide bonds. The maximum atomic E-state index is 13.2. The van der Waals surface area contributed by atoms with Gasteiger partial charge in [-0.2, -0.15) is 0 Å². The number of fused-ring (bicyclic) bond motifs is 1. The summed E-state index contributed by atoms with van der Waals surface area (Å²) in [7, 11) is 1.60. The van der Waals surface area contributed by atoms with Crippen molar-refractivity contribution in [2.75, 3.05) is 13.7 Å². The molecule has 3 aromatic carbocycles. The van der Waals surface area contributed by atoms with Gasteiger partial charge in [-0.15, -0.1) is 0 Å². The van der Waals surface area contributed by atoms with Gasteiger partial charge >= 0.3 is 0 Å². The zero-order valence-corrected chi connectivity index (χ0v) is 21.0. The normalized spacial score (nSPS) is 17.2. The third kappa shape index (κ3) is 4.24. The zero-order valence-electron chi connectivity index (χ0n) is 19.4. The number of hydrogen-bond acceptors (Lipinski definition) is 5. The molecule has 1 fully saturated rings. The number of phenols is 1. The Bertz CT molecular complexity index is 1510. The van der Waals surface area contributed by atoms with Crippen LogP contribution in [0.5, 0.6) is 11.5 Å². The van der Waals surface area contributed by atoms with Crippen molar-refractivity contribution >= 4 is 44.3 Å². The fourth-order valence-electron chi connectivity index (χ4n) is 4.65. The highest BCUT2D eigenvalue weighted by Crippen LogP contribution is 2.40. The Hall–Kier alpha value is -4.04. The molecule has 1 saturated heterocycles. The predicted molar refractivity (Wildman–Crippen MR) is 140 cm³/mol. The number of aromatic nitrogens is 1. The number of ketones is 1. The second-order valence-electron chi connectivity index (χ2n) is 8.57. The molecule has 2 heterocycles. The van der Waals surface area contributed by atoms with Crippen LogP contribution < -0.4 is 4.74 Å². The molecule has 1 aliphatic rings. The lowest BCUT2D eigenvalue weighted by Crippen LogP contribution is -2.31. The number of phenolic OH excluding ortho intramolecular Hbond substituents is 1. The van der Waals surface area contributed by atoms with Crippen molar-refractivity contribution in [3.63, 3.8) is 0 Å². The molecule has 7 nitrogen and oxygen atoms in total. The number of nitrogens with zero attached hydrogens (tertiary/aromatic N) is 1. The van der Waals surface area contributed by atoms with Crippen molar-refractivity contribution in [1.29, 1.82) is 0 Å². The summed E-state index contributed by atoms with van der Waals surface area (Å²) in [5, 5.41) is 22.2. The number of carbonyl (C=O) groups is 2. The van der Waals surface area contributed by atoms with Crippen molar-refractivity contribution in [3.8, 4) is 11.5 Å². The van der Waals surface area contributed by atoms with E-state index in [-0.39, 0.29) is 23.6 Å². The quantitative estimate of drug-likeness (QED) is 0.173. The first-order chi connectivity index (χ1) is 17.4. The number of aliphatic hydroxyl groups excluding tert-OH is 1. The van der Waals surface area contributed by atoms with E-state index in [1.807, 2.05) is 24.4 Å². The first-order valence-corrected chi connectivity index (χ1v) is 12.1. The summed E-state index contributed by atoms with van der Waals surface area (Å²) in [6.45, 7) is 0.228. The van der Waals surface area contributed by atoms with Gasteiger partial charge in [0.25, 0.3) is 11.7 Å². The molecule has 36 heavy (non-hydrogen) atoms. The van der Waals surface area contributed by atoms with Crippen molar-refractivity contribution < 1.29 is 24.5 Å². The Morgan fingerprint density at radius 3 is 2.58 bits per heavy atom. The molecule has 8 heteroatoms. The molecule has 1 atom stereocenters. The highest BCUT2D eigenvalue weighted by molar-refractivity contribution is 9.10. The number of benzene rings is 3. The highest BCUT2D eigenvalue weighted by atomic mass is 79.9. The fraction of sp³-hybridized carbons (Fsp3) is 0.143. The highest BCUT2D eigenvalue weighted by Gasteiger charge is 2.46. The summed E-state index contributed by atoms with van der Waals surface area (Å²) in [5.74, 6) is -0.985. The van der Waals surface area contributed by atoms with Gasteiger partial charge in [-0.3, -0.25) is 9.59 Å². The summed E-state index contributed by atoms with van der Waals surface area (Å²) < 4.78 is 6.17. The Kier molecular flexibility index (Phi) is 6.28. The van der Waals surface area contributed by atoms with Crippen molar-refractivity contribution in [3.05, 3.63) is 99.7 Å². The van der Waals surface area contributed by atoms with Gasteiger partial charge < -0.3 is 24.8 Å². The number of aliphatic hydroxyl groups is 1. The Labute approximate surface area is 215 Å². The van der Waals surface area contributed by atoms with E-state index >= 15 is 0 Å². The summed E-state index contributed by atoms with van der Waals surface area (Å²) in [6.07, 6.45) is 2.35. The minimum absolute atomic E-state index is 0.00505. The van der Waals surface area contributed by atoms with Gasteiger partial charge in [0.05, 0.1) is 18.7 Å². The first kappa shape index (κ1) is 23.7. The Balaban J connectivity index is 1.56. The molecular weight excluding hydrogens is 524 g/mol. The first-order valence-electron chi connectivity index (χ1n) is 11.3. The number of nitrogens with one attached hydrogen (secondary N) is 1. The Morgan fingerprint density at radius 1 is 1.08 bits per heavy atom. The number of H-pyrrole nitrogens is 1. The van der Waals surface area contributed by atoms with Crippen LogP contribution in [0.2, 0.25) is 0 Å². The number of likely N-dealkylation sites (tertiary alicyclic amines) is 1. The Morgan fingerprint density at radius 2 is 1.86 bits per heavy atom. The molecule has 5 rings (SSSR count). The number of aromatic amines is 1. The van der Waals surface area contributed by atoms with E-state index in [0.29, 0.717) is 17.5 Å². The number of rotatable bonds is 6. The molecule has 1 aliphatic heterocycles. The molecule has 0 spiro atoms. The van der Waals surface area contributed by atoms with Crippen LogP contribution in [0.15, 0.2) is 83.0 Å². The van der Waals surface area contributed by atoms with E-state index in [1.54, 1.807) is 43.5 Å². The number of carbonyl (C=O) groups excluding carboxylic acids is 2. The average molecular weight is 547 g/mol. The van der Waals surface area contributed by atoms with Crippen LogP contribution in [0, 0.1) is 0 Å². The van der Waals surface area contributed by atoms with Crippen LogP contribution >= 0.6 is 15.9 Å². The van der Waals surface area contributed by atoms with E-state index in [4.69, 9.17) is 4.74 Å². The van der Waals surface area contributed by atoms with Crippen LogP contribution in [0.25, 0.3) is 16.7 Å². The van der Waals surface area contributed by atoms with Crippen molar-refractivity contribution in [1.82, 2.24) is 9.88 Å². The van der Waals surface area contributed by atoms with Crippen LogP contribution in [-0.4, -0.2) is 45.4 Å². The lowest BCUT2D eigenvalue weighted by molar-refractivity contribution is -0.139. The molecule has 0 radical (unpaired) electrons. The molecular formula is C28H23BrN2O5. The SMILES string of the molecule is COc1ccc2[nH]cc(CCN3C(=O)C(=O)C(=C(O)c4ccc(Br)cc4)[C@@H]3c3cccc(O)c3)c2c1. The molecule has 0 saturated carbocycles. The molecule has 1 aromatic heterocycles. The second-order valence-corrected chi connectivity index (χ2v) is 9.49. The van der Waals surface area contributed by atoms with E-state index in [9.17, 15) is 19.8 Å². The summed E-state index contributed by atoms with van der Waals surface area (Å²) in [5.41, 5.74) is 2.85. The van der Waals surface area contributed by atoms with E-state index in [0.717, 1.165) is 26.7 Å². The van der Waals surface area contributed by atoms with Crippen LogP contribution in [-0.2, 0) is 16.0 Å². The standard InChI is InChI=1S/C28H23BrN2O5/c1-36-21-9-10-23-22(14-21)18(15-30-23)11-12-31-25(17-3-2-4-20(32)13-17)24(27(34)28(31)35)26(33)16-5-7-19(29)8-6-16/h2-10,13-15,25,30,32-33H,11-12H2,1H3/t25-/m0/s1. The second kappa shape index (κ2) is 9.54. The molecule has 0 unspecified atom stereocenters. The number of methoxy groups -OCH3 is 1. The van der Waals surface area contributed by atoms with E-state index in [2.05, 4.69) is 20.9 Å². The van der Waals surface area contributed by atoms with Gasteiger partial charge in [0, 0.05) is 33.7 Å². The number of amides is 1. The van der Waals surface area contributed by atoms with Gasteiger partial charge in [0.1, 0.15) is 17.3 Å². The summed E-state index contributed by atoms with van der Waals surface area (Å²) >= 11 is 3.37. The number of aromatic hydroxyl groups is 1. The maximum absolute atomic E-state index is 13.2. The molecule has 0 aliphatic carbocycles. The molecule has 3 N–H and O–H groups in total. The van der Waals surface area contributed by atoms with Gasteiger partial charge in [0.15, 0.2) is 0 Å². The number of halogens is 1. The van der Waals surface area contributed by atoms with Crippen molar-refractivity contribution in [2.45, 2.75) is 12.5 Å². The lowest BCUT2D eigenvalue weighted by atomic mass is 9.95. The number of hydrogen-bond donors (Lipinski definition) is 3. The smallest absolute Gasteiger partial charge is 0.295 e. The van der Waals surface area contributed by atoms with Crippen LogP contribution in [0.3, 0.4) is 0 Å². The predicted octanol–water partition coefficient (Wildman–Crippen LogP) is 5.31. The third-order valence-electron chi connectivity index (χ3n) is 6.44. The monoisotopic (exact) mass is 546 g/mol. The fourth-order valence-corrected chi connectivity index (χ4v) is 4.91. The summed E-state index contributed by atoms with van der Waals surface area (Å²) in [4.78, 5) is 31.1. The number of Topliss-reactive ketones (excluding diaryl/α,β-unsaturated/α-hetero) is 1. The van der Waals surface area contributed by atoms with E-state index < -0.39 is 17.7 Å². The largest absolute Gasteiger partial charge is 0.508 e. The third-order valence-corrected chi connectivity index (χ3v) is 6.97. The molecule has 4 aromatic rings. The average Bonchev–Trinajstić information content (AvgIpc) is 3.40. The summed E-state index contributed by atoms with van der Waals surface area (Å²) in [6, 6.07) is 18.1. The minimum Gasteiger partial charge on any atom is -0.508 e. The molecule has 0 bridgehead atoms. The van der Waals surface area contributed by atoms with Crippen LogP contribution in [0.1, 0.15) is 22.7 Å². The van der Waals surface area contributed by atoms with Crippen molar-refractivity contribution in [2.24, 2.45) is 0 Å². The van der Waals surface area contributed by atoms with Gasteiger partial charge in [-0.05, 0) is 60.0 Å². The number of ether oxygens (including phenoxy) is 1. The molecule has 182 valence electrons.